The molecular weight excluding hydrogens is 274 g/mol. The van der Waals surface area contributed by atoms with Crippen LogP contribution in [0.2, 0.25) is 0 Å². The van der Waals surface area contributed by atoms with Gasteiger partial charge in [-0.2, -0.15) is 0 Å². The van der Waals surface area contributed by atoms with Gasteiger partial charge in [-0.1, -0.05) is 12.1 Å². The van der Waals surface area contributed by atoms with Crippen molar-refractivity contribution in [1.82, 2.24) is 0 Å². The smallest absolute Gasteiger partial charge is 0.178 e. The lowest BCUT2D eigenvalue weighted by atomic mass is 10.2. The fourth-order valence-electron chi connectivity index (χ4n) is 1.42. The van der Waals surface area contributed by atoms with Gasteiger partial charge in [-0.05, 0) is 28.1 Å². The summed E-state index contributed by atoms with van der Waals surface area (Å²) in [7, 11) is 0. The molecule has 0 bridgehead atoms. The Balaban J connectivity index is 2.20. The van der Waals surface area contributed by atoms with Gasteiger partial charge in [-0.25, -0.2) is 4.99 Å². The molecule has 0 saturated carbocycles. The van der Waals surface area contributed by atoms with Gasteiger partial charge in [0.15, 0.2) is 10.8 Å². The van der Waals surface area contributed by atoms with Crippen LogP contribution in [0.25, 0.3) is 0 Å². The Morgan fingerprint density at radius 3 is 3.07 bits per heavy atom. The largest absolute Gasteiger partial charge is 0.452 e. The fourth-order valence-corrected chi connectivity index (χ4v) is 2.79. The van der Waals surface area contributed by atoms with Gasteiger partial charge in [0.2, 0.25) is 0 Å². The summed E-state index contributed by atoms with van der Waals surface area (Å²) in [5.41, 5.74) is 1.01. The van der Waals surface area contributed by atoms with Crippen LogP contribution in [0.1, 0.15) is 5.56 Å². The Labute approximate surface area is 99.4 Å². The lowest BCUT2D eigenvalue weighted by Crippen LogP contribution is -1.86. The van der Waals surface area contributed by atoms with Gasteiger partial charge >= 0.3 is 0 Å². The zero-order valence-corrected chi connectivity index (χ0v) is 10.0. The van der Waals surface area contributed by atoms with Crippen molar-refractivity contribution in [1.29, 1.82) is 0 Å². The molecule has 0 radical (unpaired) electrons. The van der Waals surface area contributed by atoms with E-state index in [0.29, 0.717) is 0 Å². The van der Waals surface area contributed by atoms with Crippen LogP contribution < -0.4 is 4.74 Å². The molecule has 2 heterocycles. The van der Waals surface area contributed by atoms with Gasteiger partial charge in [-0.3, -0.25) is 0 Å². The highest BCUT2D eigenvalue weighted by atomic mass is 79.9. The lowest BCUT2D eigenvalue weighted by Gasteiger charge is -2.05. The van der Waals surface area contributed by atoms with Crippen LogP contribution in [0.3, 0.4) is 0 Å². The summed E-state index contributed by atoms with van der Waals surface area (Å²) in [6.07, 6.45) is 1.84. The third-order valence-electron chi connectivity index (χ3n) is 2.14. The fraction of sp³-hybridized carbons (Fsp3) is 0. The van der Waals surface area contributed by atoms with Crippen LogP contribution in [-0.4, -0.2) is 6.21 Å². The molecule has 0 aliphatic carbocycles. The number of benzene rings is 1. The maximum atomic E-state index is 5.81. The average molecular weight is 280 g/mol. The van der Waals surface area contributed by atoms with Gasteiger partial charge in [-0.15, -0.1) is 11.3 Å². The summed E-state index contributed by atoms with van der Waals surface area (Å²) in [5, 5.41) is 2.88. The van der Waals surface area contributed by atoms with E-state index < -0.39 is 0 Å². The maximum absolute atomic E-state index is 5.81. The molecule has 0 saturated heterocycles. The van der Waals surface area contributed by atoms with E-state index in [0.717, 1.165) is 26.5 Å². The van der Waals surface area contributed by atoms with Crippen molar-refractivity contribution in [3.8, 4) is 11.5 Å². The first-order valence-corrected chi connectivity index (χ1v) is 6.10. The third kappa shape index (κ3) is 1.50. The first-order chi connectivity index (χ1) is 7.34. The van der Waals surface area contributed by atoms with E-state index in [-0.39, 0.29) is 0 Å². The summed E-state index contributed by atoms with van der Waals surface area (Å²) in [4.78, 5) is 4.39. The van der Waals surface area contributed by atoms with E-state index >= 15 is 0 Å². The highest BCUT2D eigenvalue weighted by molar-refractivity contribution is 9.10. The number of rotatable bonds is 0. The molecule has 15 heavy (non-hydrogen) atoms. The molecule has 1 aliphatic rings. The van der Waals surface area contributed by atoms with Crippen LogP contribution in [0.4, 0.5) is 5.00 Å². The number of ether oxygens (including phenoxy) is 1. The third-order valence-corrected chi connectivity index (χ3v) is 3.90. The van der Waals surface area contributed by atoms with Crippen LogP contribution in [0, 0.1) is 0 Å². The molecular formula is C11H6BrNOS. The molecule has 74 valence electrons. The van der Waals surface area contributed by atoms with Crippen molar-refractivity contribution in [2.45, 2.75) is 0 Å². The van der Waals surface area contributed by atoms with Crippen molar-refractivity contribution >= 4 is 38.5 Å². The molecule has 2 nitrogen and oxygen atoms in total. The first-order valence-electron chi connectivity index (χ1n) is 4.42. The van der Waals surface area contributed by atoms with Gasteiger partial charge < -0.3 is 4.74 Å². The standard InChI is InChI=1S/C11H6BrNOS/c12-8-6-15-11-10(8)14-9-4-2-1-3-7(9)5-13-11/h1-6H. The number of fused-ring (bicyclic) bond motifs is 2. The van der Waals surface area contributed by atoms with E-state index in [4.69, 9.17) is 4.74 Å². The van der Waals surface area contributed by atoms with Gasteiger partial charge in [0, 0.05) is 17.2 Å². The summed E-state index contributed by atoms with van der Waals surface area (Å²) in [6, 6.07) is 7.87. The Hall–Kier alpha value is -1.13. The van der Waals surface area contributed by atoms with E-state index in [1.54, 1.807) is 11.3 Å². The molecule has 1 aromatic carbocycles. The van der Waals surface area contributed by atoms with Gasteiger partial charge in [0.1, 0.15) is 5.75 Å². The van der Waals surface area contributed by atoms with E-state index in [9.17, 15) is 0 Å². The number of hydrogen-bond acceptors (Lipinski definition) is 3. The topological polar surface area (TPSA) is 21.6 Å². The molecule has 4 heteroatoms. The SMILES string of the molecule is Brc1csc2c1Oc1ccccc1C=N2. The molecule has 0 fully saturated rings. The second kappa shape index (κ2) is 3.47. The summed E-state index contributed by atoms with van der Waals surface area (Å²) < 4.78 is 6.77. The van der Waals surface area contributed by atoms with Crippen LogP contribution in [0.15, 0.2) is 39.1 Å². The van der Waals surface area contributed by atoms with E-state index in [1.165, 1.54) is 0 Å². The number of hydrogen-bond donors (Lipinski definition) is 0. The van der Waals surface area contributed by atoms with Crippen LogP contribution >= 0.6 is 27.3 Å². The molecule has 0 unspecified atom stereocenters. The zero-order valence-electron chi connectivity index (χ0n) is 7.61. The summed E-state index contributed by atoms with van der Waals surface area (Å²) >= 11 is 5.02. The van der Waals surface area contributed by atoms with Crippen molar-refractivity contribution in [3.05, 3.63) is 39.7 Å². The van der Waals surface area contributed by atoms with Gasteiger partial charge in [0.25, 0.3) is 0 Å². The molecule has 2 aromatic rings. The number of halogens is 1. The second-order valence-electron chi connectivity index (χ2n) is 3.12. The average Bonchev–Trinajstić information content (AvgIpc) is 2.51. The van der Waals surface area contributed by atoms with Crippen LogP contribution in [0.5, 0.6) is 11.5 Å². The maximum Gasteiger partial charge on any atom is 0.178 e. The molecule has 0 amide bonds. The second-order valence-corrected chi connectivity index (χ2v) is 4.83. The van der Waals surface area contributed by atoms with Crippen molar-refractivity contribution < 1.29 is 4.74 Å². The Bertz CT molecular complexity index is 547. The predicted molar refractivity (Wildman–Crippen MR) is 65.8 cm³/mol. The molecule has 0 spiro atoms. The highest BCUT2D eigenvalue weighted by Gasteiger charge is 2.15. The number of para-hydroxylation sites is 1. The predicted octanol–water partition coefficient (Wildman–Crippen LogP) is 4.37. The number of aliphatic imine (C=N–C) groups is 1. The van der Waals surface area contributed by atoms with Crippen LogP contribution in [-0.2, 0) is 0 Å². The van der Waals surface area contributed by atoms with E-state index in [2.05, 4.69) is 20.9 Å². The highest BCUT2D eigenvalue weighted by Crippen LogP contribution is 2.45. The minimum absolute atomic E-state index is 0.807. The summed E-state index contributed by atoms with van der Waals surface area (Å²) in [5.74, 6) is 1.65. The molecule has 0 N–H and O–H groups in total. The Morgan fingerprint density at radius 1 is 1.27 bits per heavy atom. The molecule has 1 aromatic heterocycles. The van der Waals surface area contributed by atoms with E-state index in [1.807, 2.05) is 35.9 Å². The van der Waals surface area contributed by atoms with Crippen molar-refractivity contribution in [3.63, 3.8) is 0 Å². The summed E-state index contributed by atoms with van der Waals surface area (Å²) in [6.45, 7) is 0. The van der Waals surface area contributed by atoms with Gasteiger partial charge in [0.05, 0.1) is 4.47 Å². The lowest BCUT2D eigenvalue weighted by molar-refractivity contribution is 0.484. The first kappa shape index (κ1) is 9.12. The number of thiophene rings is 1. The molecule has 3 rings (SSSR count). The molecule has 0 atom stereocenters. The number of nitrogens with zero attached hydrogens (tertiary/aromatic N) is 1. The van der Waals surface area contributed by atoms with Crippen molar-refractivity contribution in [2.75, 3.05) is 0 Å². The molecule has 1 aliphatic heterocycles. The Kier molecular flexibility index (Phi) is 2.11. The minimum atomic E-state index is 0.807. The monoisotopic (exact) mass is 279 g/mol. The zero-order chi connectivity index (χ0) is 10.3. The normalized spacial score (nSPS) is 12.6. The Morgan fingerprint density at radius 2 is 2.13 bits per heavy atom. The minimum Gasteiger partial charge on any atom is -0.452 e. The quantitative estimate of drug-likeness (QED) is 0.599. The van der Waals surface area contributed by atoms with Crippen molar-refractivity contribution in [2.24, 2.45) is 4.99 Å².